The van der Waals surface area contributed by atoms with Crippen LogP contribution in [0.15, 0.2) is 30.5 Å². The number of rotatable bonds is 2. The van der Waals surface area contributed by atoms with Crippen molar-refractivity contribution in [2.75, 3.05) is 5.32 Å². The number of nitrogens with zero attached hydrogens (tertiary/aromatic N) is 1. The van der Waals surface area contributed by atoms with Crippen LogP contribution in [-0.2, 0) is 0 Å². The summed E-state index contributed by atoms with van der Waals surface area (Å²) in [6, 6.07) is 6.47. The van der Waals surface area contributed by atoms with E-state index in [1.54, 1.807) is 32.0 Å². The number of aromatic nitrogens is 1. The van der Waals surface area contributed by atoms with Gasteiger partial charge < -0.3 is 10.4 Å². The minimum absolute atomic E-state index is 0.188. The number of hydrogen-bond donors (Lipinski definition) is 2. The molecule has 0 aliphatic carbocycles. The maximum absolute atomic E-state index is 12.0. The van der Waals surface area contributed by atoms with Gasteiger partial charge >= 0.3 is 0 Å². The minimum Gasteiger partial charge on any atom is -0.508 e. The van der Waals surface area contributed by atoms with Crippen LogP contribution < -0.4 is 5.32 Å². The summed E-state index contributed by atoms with van der Waals surface area (Å²) >= 11 is 6.01. The van der Waals surface area contributed by atoms with E-state index >= 15 is 0 Å². The predicted octanol–water partition coefficient (Wildman–Crippen LogP) is 3.31. The zero-order valence-corrected chi connectivity index (χ0v) is 11.3. The molecule has 1 aromatic carbocycles. The van der Waals surface area contributed by atoms with Crippen LogP contribution >= 0.6 is 11.6 Å². The van der Waals surface area contributed by atoms with Crippen molar-refractivity contribution in [3.63, 3.8) is 0 Å². The van der Waals surface area contributed by atoms with E-state index in [4.69, 9.17) is 11.6 Å². The van der Waals surface area contributed by atoms with Crippen molar-refractivity contribution in [1.29, 1.82) is 0 Å². The molecular weight excluding hydrogens is 264 g/mol. The molecule has 0 atom stereocenters. The Hall–Kier alpha value is -2.07. The third kappa shape index (κ3) is 3.03. The highest BCUT2D eigenvalue weighted by Crippen LogP contribution is 2.22. The number of anilines is 1. The summed E-state index contributed by atoms with van der Waals surface area (Å²) in [5, 5.41) is 12.5. The molecule has 0 bridgehead atoms. The third-order valence-electron chi connectivity index (χ3n) is 2.69. The molecule has 1 amide bonds. The molecule has 0 spiro atoms. The SMILES string of the molecule is Cc1cc(Cl)c(C(=O)Nc2ccc(O)c(C)c2)cn1. The number of amides is 1. The van der Waals surface area contributed by atoms with E-state index in [2.05, 4.69) is 10.3 Å². The van der Waals surface area contributed by atoms with Gasteiger partial charge in [0, 0.05) is 17.6 Å². The monoisotopic (exact) mass is 276 g/mol. The molecule has 2 rings (SSSR count). The Morgan fingerprint density at radius 3 is 2.68 bits per heavy atom. The number of benzene rings is 1. The van der Waals surface area contributed by atoms with Gasteiger partial charge in [-0.15, -0.1) is 0 Å². The summed E-state index contributed by atoms with van der Waals surface area (Å²) in [6.45, 7) is 3.56. The fourth-order valence-electron chi connectivity index (χ4n) is 1.63. The summed E-state index contributed by atoms with van der Waals surface area (Å²) in [5.74, 6) is -0.143. The third-order valence-corrected chi connectivity index (χ3v) is 3.00. The number of aromatic hydroxyl groups is 1. The number of pyridine rings is 1. The van der Waals surface area contributed by atoms with Gasteiger partial charge in [-0.3, -0.25) is 9.78 Å². The number of phenolic OH excluding ortho intramolecular Hbond substituents is 1. The fraction of sp³-hybridized carbons (Fsp3) is 0.143. The van der Waals surface area contributed by atoms with E-state index in [0.717, 1.165) is 5.69 Å². The Balaban J connectivity index is 2.23. The van der Waals surface area contributed by atoms with E-state index in [0.29, 0.717) is 21.8 Å². The molecule has 0 aliphatic heterocycles. The number of halogens is 1. The molecular formula is C14H13ClN2O2. The maximum atomic E-state index is 12.0. The van der Waals surface area contributed by atoms with Crippen LogP contribution in [-0.4, -0.2) is 16.0 Å². The van der Waals surface area contributed by atoms with Crippen molar-refractivity contribution in [1.82, 2.24) is 4.98 Å². The number of carbonyl (C=O) groups is 1. The molecule has 5 heteroatoms. The van der Waals surface area contributed by atoms with E-state index < -0.39 is 0 Å². The first-order valence-corrected chi connectivity index (χ1v) is 6.08. The second kappa shape index (κ2) is 5.28. The van der Waals surface area contributed by atoms with Crippen LogP contribution in [0.4, 0.5) is 5.69 Å². The molecule has 1 aromatic heterocycles. The standard InChI is InChI=1S/C14H13ClN2O2/c1-8-5-10(3-4-13(8)18)17-14(19)11-7-16-9(2)6-12(11)15/h3-7,18H,1-2H3,(H,17,19). The van der Waals surface area contributed by atoms with Gasteiger partial charge in [0.2, 0.25) is 0 Å². The number of aryl methyl sites for hydroxylation is 2. The summed E-state index contributed by atoms with van der Waals surface area (Å²) in [4.78, 5) is 16.1. The van der Waals surface area contributed by atoms with Gasteiger partial charge in [-0.1, -0.05) is 11.6 Å². The molecule has 2 aromatic rings. The summed E-state index contributed by atoms with van der Waals surface area (Å²) in [5.41, 5.74) is 2.35. The zero-order chi connectivity index (χ0) is 14.0. The van der Waals surface area contributed by atoms with Gasteiger partial charge in [0.25, 0.3) is 5.91 Å². The average molecular weight is 277 g/mol. The number of hydrogen-bond acceptors (Lipinski definition) is 3. The van der Waals surface area contributed by atoms with Gasteiger partial charge in [-0.2, -0.15) is 0 Å². The highest BCUT2D eigenvalue weighted by Gasteiger charge is 2.11. The van der Waals surface area contributed by atoms with E-state index in [1.165, 1.54) is 12.3 Å². The molecule has 1 heterocycles. The first kappa shape index (κ1) is 13.4. The highest BCUT2D eigenvalue weighted by molar-refractivity contribution is 6.34. The topological polar surface area (TPSA) is 62.2 Å². The second-order valence-corrected chi connectivity index (χ2v) is 4.67. The normalized spacial score (nSPS) is 10.3. The van der Waals surface area contributed by atoms with Gasteiger partial charge in [-0.25, -0.2) is 0 Å². The van der Waals surface area contributed by atoms with Gasteiger partial charge in [-0.05, 0) is 43.7 Å². The van der Waals surface area contributed by atoms with Crippen molar-refractivity contribution in [2.24, 2.45) is 0 Å². The quantitative estimate of drug-likeness (QED) is 0.827. The Labute approximate surface area is 116 Å². The van der Waals surface area contributed by atoms with E-state index in [1.807, 2.05) is 0 Å². The van der Waals surface area contributed by atoms with Crippen molar-refractivity contribution in [3.8, 4) is 5.75 Å². The maximum Gasteiger partial charge on any atom is 0.258 e. The lowest BCUT2D eigenvalue weighted by Crippen LogP contribution is -2.13. The molecule has 19 heavy (non-hydrogen) atoms. The van der Waals surface area contributed by atoms with Crippen LogP contribution in [0.3, 0.4) is 0 Å². The van der Waals surface area contributed by atoms with Crippen LogP contribution in [0, 0.1) is 13.8 Å². The van der Waals surface area contributed by atoms with E-state index in [-0.39, 0.29) is 11.7 Å². The van der Waals surface area contributed by atoms with Gasteiger partial charge in [0.05, 0.1) is 10.6 Å². The Bertz CT molecular complexity index is 641. The molecule has 0 saturated carbocycles. The Kier molecular flexibility index (Phi) is 3.71. The molecule has 0 radical (unpaired) electrons. The highest BCUT2D eigenvalue weighted by atomic mass is 35.5. The largest absolute Gasteiger partial charge is 0.508 e. The summed E-state index contributed by atoms with van der Waals surface area (Å²) in [6.07, 6.45) is 1.44. The summed E-state index contributed by atoms with van der Waals surface area (Å²) in [7, 11) is 0. The van der Waals surface area contributed by atoms with E-state index in [9.17, 15) is 9.90 Å². The zero-order valence-electron chi connectivity index (χ0n) is 10.6. The molecule has 0 aliphatic rings. The first-order chi connectivity index (χ1) is 8.97. The molecule has 0 fully saturated rings. The number of carbonyl (C=O) groups excluding carboxylic acids is 1. The molecule has 0 saturated heterocycles. The van der Waals surface area contributed by atoms with Crippen LogP contribution in [0.2, 0.25) is 5.02 Å². The Morgan fingerprint density at radius 2 is 2.05 bits per heavy atom. The van der Waals surface area contributed by atoms with Crippen molar-refractivity contribution >= 4 is 23.2 Å². The van der Waals surface area contributed by atoms with Crippen molar-refractivity contribution in [2.45, 2.75) is 13.8 Å². The first-order valence-electron chi connectivity index (χ1n) is 5.70. The van der Waals surface area contributed by atoms with Crippen LogP contribution in [0.25, 0.3) is 0 Å². The Morgan fingerprint density at radius 1 is 1.32 bits per heavy atom. The lowest BCUT2D eigenvalue weighted by molar-refractivity contribution is 0.102. The summed E-state index contributed by atoms with van der Waals surface area (Å²) < 4.78 is 0. The second-order valence-electron chi connectivity index (χ2n) is 4.26. The smallest absolute Gasteiger partial charge is 0.258 e. The van der Waals surface area contributed by atoms with Crippen LogP contribution in [0.1, 0.15) is 21.6 Å². The number of phenols is 1. The van der Waals surface area contributed by atoms with Gasteiger partial charge in [0.1, 0.15) is 5.75 Å². The molecule has 4 nitrogen and oxygen atoms in total. The number of nitrogens with one attached hydrogen (secondary N) is 1. The predicted molar refractivity (Wildman–Crippen MR) is 74.8 cm³/mol. The fourth-order valence-corrected chi connectivity index (χ4v) is 1.92. The lowest BCUT2D eigenvalue weighted by atomic mass is 10.2. The van der Waals surface area contributed by atoms with Crippen molar-refractivity contribution in [3.05, 3.63) is 52.3 Å². The minimum atomic E-state index is -0.331. The molecule has 98 valence electrons. The van der Waals surface area contributed by atoms with Crippen LogP contribution in [0.5, 0.6) is 5.75 Å². The van der Waals surface area contributed by atoms with Crippen molar-refractivity contribution < 1.29 is 9.90 Å². The van der Waals surface area contributed by atoms with Gasteiger partial charge in [0.15, 0.2) is 0 Å². The molecule has 2 N–H and O–H groups in total. The lowest BCUT2D eigenvalue weighted by Gasteiger charge is -2.08. The average Bonchev–Trinajstić information content (AvgIpc) is 2.33. The molecule has 0 unspecified atom stereocenters.